The summed E-state index contributed by atoms with van der Waals surface area (Å²) in [6.45, 7) is 0.682. The highest BCUT2D eigenvalue weighted by atomic mass is 16.5. The first-order chi connectivity index (χ1) is 7.18. The summed E-state index contributed by atoms with van der Waals surface area (Å²) in [6.07, 6.45) is 4.32. The molecule has 6 nitrogen and oxygen atoms in total. The topological polar surface area (TPSA) is 95.1 Å². The van der Waals surface area contributed by atoms with Gasteiger partial charge in [-0.25, -0.2) is 9.63 Å². The van der Waals surface area contributed by atoms with Crippen LogP contribution in [-0.2, 0) is 0 Å². The van der Waals surface area contributed by atoms with Gasteiger partial charge in [-0.05, 0) is 6.42 Å². The lowest BCUT2D eigenvalue weighted by molar-refractivity contribution is -0.595. The van der Waals surface area contributed by atoms with Gasteiger partial charge in [0.2, 0.25) is 0 Å². The number of hydrogen-bond acceptors (Lipinski definition) is 5. The summed E-state index contributed by atoms with van der Waals surface area (Å²) in [6, 6.07) is 1.72. The van der Waals surface area contributed by atoms with E-state index in [0.29, 0.717) is 18.9 Å². The van der Waals surface area contributed by atoms with Crippen molar-refractivity contribution in [3.8, 4) is 0 Å². The number of nitrogens with two attached hydrogens (primary N) is 2. The molecule has 0 radical (unpaired) electrons. The van der Waals surface area contributed by atoms with E-state index in [-0.39, 0.29) is 12.2 Å². The molecule has 0 amide bonds. The maximum absolute atomic E-state index is 11.5. The van der Waals surface area contributed by atoms with Crippen LogP contribution in [0.5, 0.6) is 0 Å². The Labute approximate surface area is 88.1 Å². The molecular weight excluding hydrogens is 194 g/mol. The first-order valence-electron chi connectivity index (χ1n) is 5.00. The van der Waals surface area contributed by atoms with E-state index in [1.807, 2.05) is 0 Å². The van der Waals surface area contributed by atoms with E-state index in [1.165, 1.54) is 6.20 Å². The molecule has 0 aromatic carbocycles. The predicted molar refractivity (Wildman–Crippen MR) is 55.7 cm³/mol. The minimum absolute atomic E-state index is 0.125. The van der Waals surface area contributed by atoms with Crippen LogP contribution in [0.15, 0.2) is 18.5 Å². The van der Waals surface area contributed by atoms with E-state index >= 15 is 0 Å². The van der Waals surface area contributed by atoms with Crippen LogP contribution in [0.1, 0.15) is 12.8 Å². The lowest BCUT2D eigenvalue weighted by atomic mass is 10.0. The highest BCUT2D eigenvalue weighted by Crippen LogP contribution is 2.16. The second kappa shape index (κ2) is 4.00. The van der Waals surface area contributed by atoms with Crippen LogP contribution in [0.4, 0.5) is 5.95 Å². The van der Waals surface area contributed by atoms with Crippen molar-refractivity contribution in [3.63, 3.8) is 0 Å². The molecule has 0 bridgehead atoms. The number of piperidine rings is 1. The van der Waals surface area contributed by atoms with E-state index in [2.05, 4.69) is 4.98 Å². The molecule has 1 aromatic heterocycles. The summed E-state index contributed by atoms with van der Waals surface area (Å²) in [7, 11) is 0. The molecule has 1 saturated heterocycles. The molecular formula is C9H15N5O. The van der Waals surface area contributed by atoms with Gasteiger partial charge in [-0.1, -0.05) is 4.98 Å². The fourth-order valence-electron chi connectivity index (χ4n) is 1.83. The molecule has 4 N–H and O–H groups in total. The van der Waals surface area contributed by atoms with Gasteiger partial charge in [0.05, 0.1) is 12.7 Å². The third kappa shape index (κ3) is 2.00. The maximum Gasteiger partial charge on any atom is 0.395 e. The highest BCUT2D eigenvalue weighted by Gasteiger charge is 2.31. The lowest BCUT2D eigenvalue weighted by Gasteiger charge is -2.32. The minimum Gasteiger partial charge on any atom is -0.740 e. The molecule has 15 heavy (non-hydrogen) atoms. The first kappa shape index (κ1) is 10.1. The third-order valence-electron chi connectivity index (χ3n) is 2.64. The normalized spacial score (nSPS) is 26.7. The Balaban J connectivity index is 2.20. The van der Waals surface area contributed by atoms with E-state index < -0.39 is 0 Å². The molecule has 2 atom stereocenters. The Bertz CT molecular complexity index is 345. The number of anilines is 1. The zero-order valence-corrected chi connectivity index (χ0v) is 8.41. The molecule has 2 rings (SSSR count). The molecule has 0 spiro atoms. The second-order valence-corrected chi connectivity index (χ2v) is 3.79. The summed E-state index contributed by atoms with van der Waals surface area (Å²) in [5, 5.41) is 11.5. The van der Waals surface area contributed by atoms with Crippen molar-refractivity contribution in [1.29, 1.82) is 0 Å². The average Bonchev–Trinajstić information content (AvgIpc) is 2.20. The van der Waals surface area contributed by atoms with Gasteiger partial charge in [0.1, 0.15) is 12.4 Å². The van der Waals surface area contributed by atoms with Gasteiger partial charge >= 0.3 is 5.95 Å². The molecule has 1 aliphatic heterocycles. The summed E-state index contributed by atoms with van der Waals surface area (Å²) >= 11 is 0. The van der Waals surface area contributed by atoms with Crippen LogP contribution in [0, 0.1) is 5.21 Å². The van der Waals surface area contributed by atoms with E-state index in [1.54, 1.807) is 17.2 Å². The Hall–Kier alpha value is -1.40. The van der Waals surface area contributed by atoms with Crippen LogP contribution in [0.3, 0.4) is 0 Å². The van der Waals surface area contributed by atoms with Crippen LogP contribution in [-0.4, -0.2) is 23.7 Å². The molecule has 1 aliphatic rings. The first-order valence-corrected chi connectivity index (χ1v) is 5.00. The average molecular weight is 209 g/mol. The van der Waals surface area contributed by atoms with Gasteiger partial charge in [0, 0.05) is 18.5 Å². The number of aromatic nitrogens is 2. The van der Waals surface area contributed by atoms with E-state index in [4.69, 9.17) is 11.5 Å². The molecule has 2 heterocycles. The third-order valence-corrected chi connectivity index (χ3v) is 2.64. The summed E-state index contributed by atoms with van der Waals surface area (Å²) < 4.78 is 0.733. The molecule has 0 aliphatic carbocycles. The van der Waals surface area contributed by atoms with E-state index in [9.17, 15) is 5.21 Å². The quantitative estimate of drug-likeness (QED) is 0.453. The monoisotopic (exact) mass is 209 g/mol. The number of rotatable bonds is 1. The Morgan fingerprint density at radius 3 is 3.00 bits per heavy atom. The van der Waals surface area contributed by atoms with Gasteiger partial charge < -0.3 is 10.9 Å². The van der Waals surface area contributed by atoms with Crippen molar-refractivity contribution in [2.75, 3.05) is 11.4 Å². The van der Waals surface area contributed by atoms with Gasteiger partial charge in [-0.15, -0.1) is 0 Å². The molecule has 2 unspecified atom stereocenters. The van der Waals surface area contributed by atoms with Crippen molar-refractivity contribution in [2.24, 2.45) is 11.5 Å². The summed E-state index contributed by atoms with van der Waals surface area (Å²) in [5.74, 6) is 0.358. The Kier molecular flexibility index (Phi) is 2.70. The zero-order chi connectivity index (χ0) is 10.8. The maximum atomic E-state index is 11.5. The molecule has 82 valence electrons. The van der Waals surface area contributed by atoms with Crippen molar-refractivity contribution in [1.82, 2.24) is 4.98 Å². The van der Waals surface area contributed by atoms with Crippen LogP contribution in [0.25, 0.3) is 0 Å². The van der Waals surface area contributed by atoms with Crippen molar-refractivity contribution >= 4 is 5.95 Å². The lowest BCUT2D eigenvalue weighted by Crippen LogP contribution is -2.55. The summed E-state index contributed by atoms with van der Waals surface area (Å²) in [5.41, 5.74) is 11.7. The van der Waals surface area contributed by atoms with Crippen molar-refractivity contribution in [3.05, 3.63) is 23.7 Å². The number of hydrogen-bond donors (Lipinski definition) is 2. The Morgan fingerprint density at radius 2 is 2.33 bits per heavy atom. The fraction of sp³-hybridized carbons (Fsp3) is 0.556. The minimum atomic E-state index is -0.219. The molecule has 1 fully saturated rings. The molecule has 0 saturated carbocycles. The van der Waals surface area contributed by atoms with Gasteiger partial charge in [-0.3, -0.25) is 5.73 Å². The molecule has 6 heteroatoms. The van der Waals surface area contributed by atoms with Gasteiger partial charge in [-0.2, -0.15) is 0 Å². The second-order valence-electron chi connectivity index (χ2n) is 3.79. The number of nitrogens with zero attached hydrogens (tertiary/aromatic N) is 3. The van der Waals surface area contributed by atoms with Crippen LogP contribution >= 0.6 is 0 Å². The zero-order valence-electron chi connectivity index (χ0n) is 8.41. The van der Waals surface area contributed by atoms with Crippen LogP contribution in [0.2, 0.25) is 0 Å². The Morgan fingerprint density at radius 1 is 1.53 bits per heavy atom. The van der Waals surface area contributed by atoms with Crippen molar-refractivity contribution < 1.29 is 4.73 Å². The largest absolute Gasteiger partial charge is 0.740 e. The predicted octanol–water partition coefficient (Wildman–Crippen LogP) is -1.07. The molecule has 1 aromatic rings. The fourth-order valence-corrected chi connectivity index (χ4v) is 1.83. The highest BCUT2D eigenvalue weighted by molar-refractivity contribution is 5.26. The van der Waals surface area contributed by atoms with Crippen LogP contribution < -0.4 is 21.1 Å². The standard InChI is InChI=1S/C9H15N5O/c10-7-2-5-13(8(11)6-7)9-12-3-1-4-14(9)15/h1,3-4,7-8H,2,5-6,10-11H2. The SMILES string of the molecule is NC1CCN(c2nccc[n+]2[O-])C(N)C1. The van der Waals surface area contributed by atoms with Gasteiger partial charge in [0.25, 0.3) is 0 Å². The smallest absolute Gasteiger partial charge is 0.395 e. The summed E-state index contributed by atoms with van der Waals surface area (Å²) in [4.78, 5) is 5.83. The van der Waals surface area contributed by atoms with Crippen molar-refractivity contribution in [2.45, 2.75) is 25.0 Å². The van der Waals surface area contributed by atoms with Gasteiger partial charge in [0.15, 0.2) is 0 Å². The van der Waals surface area contributed by atoms with E-state index in [0.717, 1.165) is 11.2 Å².